The molecule has 1 aromatic carbocycles. The minimum atomic E-state index is -0.0696. The van der Waals surface area contributed by atoms with Crippen LogP contribution >= 0.6 is 0 Å². The summed E-state index contributed by atoms with van der Waals surface area (Å²) in [7, 11) is 0. The third-order valence-corrected chi connectivity index (χ3v) is 6.53. The monoisotopic (exact) mass is 440 g/mol. The number of hydrogen-bond acceptors (Lipinski definition) is 6. The normalized spacial score (nSPS) is 15.4. The van der Waals surface area contributed by atoms with Crippen molar-refractivity contribution in [2.45, 2.75) is 45.1 Å². The van der Waals surface area contributed by atoms with Gasteiger partial charge >= 0.3 is 0 Å². The van der Waals surface area contributed by atoms with E-state index >= 15 is 0 Å². The Morgan fingerprint density at radius 2 is 1.94 bits per heavy atom. The van der Waals surface area contributed by atoms with Gasteiger partial charge in [0.1, 0.15) is 12.0 Å². The van der Waals surface area contributed by atoms with Crippen molar-refractivity contribution in [1.82, 2.24) is 19.9 Å². The topological polar surface area (TPSA) is 72.1 Å². The number of nitrogens with zero attached hydrogens (tertiary/aromatic N) is 4. The molecular weight excluding hydrogens is 412 g/mol. The van der Waals surface area contributed by atoms with Gasteiger partial charge < -0.3 is 9.32 Å². The third kappa shape index (κ3) is 4.71. The van der Waals surface area contributed by atoms with Crippen LogP contribution < -0.4 is 0 Å². The molecule has 3 aromatic heterocycles. The van der Waals surface area contributed by atoms with Gasteiger partial charge in [0.2, 0.25) is 0 Å². The van der Waals surface area contributed by atoms with Crippen LogP contribution in [0.25, 0.3) is 21.9 Å². The van der Waals surface area contributed by atoms with E-state index in [1.54, 1.807) is 6.20 Å². The number of pyridine rings is 2. The first-order valence-electron chi connectivity index (χ1n) is 11.6. The number of carbonyl (C=O) groups is 1. The van der Waals surface area contributed by atoms with Crippen LogP contribution in [0.4, 0.5) is 0 Å². The van der Waals surface area contributed by atoms with Gasteiger partial charge in [0.05, 0.1) is 6.42 Å². The zero-order valence-corrected chi connectivity index (χ0v) is 19.1. The largest absolute Gasteiger partial charge is 0.448 e. The van der Waals surface area contributed by atoms with Crippen molar-refractivity contribution in [2.24, 2.45) is 0 Å². The van der Waals surface area contributed by atoms with Gasteiger partial charge in [-0.1, -0.05) is 18.2 Å². The maximum Gasteiger partial charge on any atom is 0.197 e. The van der Waals surface area contributed by atoms with Crippen LogP contribution in [0, 0.1) is 0 Å². The number of piperidine rings is 1. The van der Waals surface area contributed by atoms with E-state index in [2.05, 4.69) is 45.8 Å². The molecule has 33 heavy (non-hydrogen) atoms. The maximum atomic E-state index is 12.9. The Labute approximate surface area is 193 Å². The molecule has 5 rings (SSSR count). The quantitative estimate of drug-likeness (QED) is 0.379. The van der Waals surface area contributed by atoms with Crippen molar-refractivity contribution in [3.05, 3.63) is 78.5 Å². The van der Waals surface area contributed by atoms with Gasteiger partial charge in [-0.3, -0.25) is 14.8 Å². The SMILES string of the molecule is CC(C)N1CCC(c2nc(C(=O)Cc3cc4cc(-c5cccnc5)ccc4cn3)co2)CC1. The first-order chi connectivity index (χ1) is 16.1. The molecule has 6 heteroatoms. The number of oxazole rings is 1. The molecule has 1 saturated heterocycles. The lowest BCUT2D eigenvalue weighted by Gasteiger charge is -2.33. The van der Waals surface area contributed by atoms with E-state index in [0.29, 0.717) is 17.6 Å². The van der Waals surface area contributed by atoms with Gasteiger partial charge in [0.15, 0.2) is 11.7 Å². The summed E-state index contributed by atoms with van der Waals surface area (Å²) in [5.74, 6) is 0.903. The summed E-state index contributed by atoms with van der Waals surface area (Å²) in [6, 6.07) is 12.7. The number of hydrogen-bond donors (Lipinski definition) is 0. The Morgan fingerprint density at radius 1 is 1.09 bits per heavy atom. The second kappa shape index (κ2) is 9.24. The van der Waals surface area contributed by atoms with Gasteiger partial charge in [-0.2, -0.15) is 0 Å². The fourth-order valence-electron chi connectivity index (χ4n) is 4.52. The number of benzene rings is 1. The highest BCUT2D eigenvalue weighted by Gasteiger charge is 2.26. The average molecular weight is 441 g/mol. The van der Waals surface area contributed by atoms with Crippen LogP contribution in [0.1, 0.15) is 54.7 Å². The molecule has 0 bridgehead atoms. The number of likely N-dealkylation sites (tertiary alicyclic amines) is 1. The van der Waals surface area contributed by atoms with E-state index in [0.717, 1.165) is 53.5 Å². The van der Waals surface area contributed by atoms with Gasteiger partial charge in [-0.15, -0.1) is 0 Å². The number of rotatable bonds is 6. The lowest BCUT2D eigenvalue weighted by atomic mass is 9.96. The van der Waals surface area contributed by atoms with Crippen LogP contribution in [0.15, 0.2) is 65.7 Å². The Kier molecular flexibility index (Phi) is 6.01. The molecule has 0 N–H and O–H groups in total. The minimum absolute atomic E-state index is 0.0696. The first-order valence-corrected chi connectivity index (χ1v) is 11.6. The second-order valence-electron chi connectivity index (χ2n) is 9.05. The van der Waals surface area contributed by atoms with Crippen LogP contribution in [-0.4, -0.2) is 44.8 Å². The Morgan fingerprint density at radius 3 is 2.70 bits per heavy atom. The molecule has 4 heterocycles. The highest BCUT2D eigenvalue weighted by molar-refractivity contribution is 5.96. The predicted molar refractivity (Wildman–Crippen MR) is 128 cm³/mol. The van der Waals surface area contributed by atoms with Crippen molar-refractivity contribution in [3.8, 4) is 11.1 Å². The number of Topliss-reactive ketones (excluding diaryl/α,β-unsaturated/α-hetero) is 1. The number of carbonyl (C=O) groups excluding carboxylic acids is 1. The molecule has 0 saturated carbocycles. The molecular formula is C27H28N4O2. The van der Waals surface area contributed by atoms with Crippen molar-refractivity contribution < 1.29 is 9.21 Å². The van der Waals surface area contributed by atoms with E-state index in [4.69, 9.17) is 4.42 Å². The van der Waals surface area contributed by atoms with Gasteiger partial charge in [0.25, 0.3) is 0 Å². The summed E-state index contributed by atoms with van der Waals surface area (Å²) >= 11 is 0. The molecule has 0 aliphatic carbocycles. The van der Waals surface area contributed by atoms with Crippen LogP contribution in [0.3, 0.4) is 0 Å². The Hall–Kier alpha value is -3.38. The van der Waals surface area contributed by atoms with Gasteiger partial charge in [0, 0.05) is 47.2 Å². The highest BCUT2D eigenvalue weighted by atomic mass is 16.3. The number of fused-ring (bicyclic) bond motifs is 1. The third-order valence-electron chi connectivity index (χ3n) is 6.53. The van der Waals surface area contributed by atoms with Crippen molar-refractivity contribution in [3.63, 3.8) is 0 Å². The zero-order chi connectivity index (χ0) is 22.8. The molecule has 0 unspecified atom stereocenters. The fraction of sp³-hybridized carbons (Fsp3) is 0.333. The zero-order valence-electron chi connectivity index (χ0n) is 19.1. The summed E-state index contributed by atoms with van der Waals surface area (Å²) in [6.45, 7) is 6.53. The molecule has 1 aliphatic rings. The lowest BCUT2D eigenvalue weighted by Crippen LogP contribution is -2.37. The molecule has 0 amide bonds. The van der Waals surface area contributed by atoms with E-state index in [1.165, 1.54) is 6.26 Å². The smallest absolute Gasteiger partial charge is 0.197 e. The van der Waals surface area contributed by atoms with Crippen molar-refractivity contribution in [1.29, 1.82) is 0 Å². The van der Waals surface area contributed by atoms with Crippen LogP contribution in [0.2, 0.25) is 0 Å². The maximum absolute atomic E-state index is 12.9. The van der Waals surface area contributed by atoms with Gasteiger partial charge in [-0.25, -0.2) is 4.98 Å². The minimum Gasteiger partial charge on any atom is -0.448 e. The molecule has 1 fully saturated rings. The molecule has 0 radical (unpaired) electrons. The van der Waals surface area contributed by atoms with Crippen LogP contribution in [-0.2, 0) is 6.42 Å². The molecule has 1 aliphatic heterocycles. The molecule has 4 aromatic rings. The summed E-state index contributed by atoms with van der Waals surface area (Å²) in [4.78, 5) is 28.6. The van der Waals surface area contributed by atoms with E-state index in [9.17, 15) is 4.79 Å². The summed E-state index contributed by atoms with van der Waals surface area (Å²) < 4.78 is 5.72. The first kappa shape index (κ1) is 21.5. The lowest BCUT2D eigenvalue weighted by molar-refractivity contribution is 0.0987. The molecule has 0 atom stereocenters. The summed E-state index contributed by atoms with van der Waals surface area (Å²) in [5.41, 5.74) is 3.26. The van der Waals surface area contributed by atoms with Crippen molar-refractivity contribution in [2.75, 3.05) is 13.1 Å². The van der Waals surface area contributed by atoms with E-state index < -0.39 is 0 Å². The summed E-state index contributed by atoms with van der Waals surface area (Å²) in [6.07, 6.45) is 9.17. The van der Waals surface area contributed by atoms with Crippen molar-refractivity contribution >= 4 is 16.6 Å². The van der Waals surface area contributed by atoms with Crippen LogP contribution in [0.5, 0.6) is 0 Å². The van der Waals surface area contributed by atoms with E-state index in [-0.39, 0.29) is 18.1 Å². The Balaban J connectivity index is 1.29. The Bertz CT molecular complexity index is 1260. The number of ketones is 1. The molecule has 168 valence electrons. The summed E-state index contributed by atoms with van der Waals surface area (Å²) in [5, 5.41) is 2.09. The molecule has 0 spiro atoms. The average Bonchev–Trinajstić information content (AvgIpc) is 3.35. The van der Waals surface area contributed by atoms with Gasteiger partial charge in [-0.05, 0) is 68.9 Å². The number of aromatic nitrogens is 3. The predicted octanol–water partition coefficient (Wildman–Crippen LogP) is 5.30. The highest BCUT2D eigenvalue weighted by Crippen LogP contribution is 2.29. The second-order valence-corrected chi connectivity index (χ2v) is 9.05. The van der Waals surface area contributed by atoms with E-state index in [1.807, 2.05) is 36.7 Å². The fourth-order valence-corrected chi connectivity index (χ4v) is 4.52. The molecule has 6 nitrogen and oxygen atoms in total. The standard InChI is InChI=1S/C27H28N4O2/c1-18(2)31-10-7-19(8-11-31)27-30-25(17-33-27)26(32)14-24-13-23-12-20(5-6-22(23)16-29-24)21-4-3-9-28-15-21/h3-6,9,12-13,15-19H,7-8,10-11,14H2,1-2H3.